The average Bonchev–Trinajstić information content (AvgIpc) is 3.21. The predicted molar refractivity (Wildman–Crippen MR) is 152 cm³/mol. The maximum atomic E-state index is 13.4. The Kier molecular flexibility index (Phi) is 8.45. The summed E-state index contributed by atoms with van der Waals surface area (Å²) in [5.74, 6) is 1.08. The molecule has 0 amide bonds. The number of ether oxygens (including phenoxy) is 3. The number of halogens is 1. The minimum absolute atomic E-state index is 0.100. The lowest BCUT2D eigenvalue weighted by Crippen LogP contribution is -2.17. The number of aryl methyl sites for hydroxylation is 1. The molecule has 0 aliphatic heterocycles. The van der Waals surface area contributed by atoms with Crippen LogP contribution < -0.4 is 18.9 Å². The number of nitrogens with one attached hydrogen (secondary N) is 1. The van der Waals surface area contributed by atoms with Gasteiger partial charge in [0.15, 0.2) is 0 Å². The first-order valence-electron chi connectivity index (χ1n) is 12.1. The molecule has 0 radical (unpaired) electrons. The molecule has 1 N–H and O–H groups in total. The van der Waals surface area contributed by atoms with E-state index in [1.165, 1.54) is 4.68 Å². The zero-order chi connectivity index (χ0) is 28.2. The zero-order valence-corrected chi connectivity index (χ0v) is 24.7. The van der Waals surface area contributed by atoms with Crippen molar-refractivity contribution in [2.24, 2.45) is 7.05 Å². The molecule has 0 bridgehead atoms. The summed E-state index contributed by atoms with van der Waals surface area (Å²) in [7, 11) is -0.735. The van der Waals surface area contributed by atoms with Crippen LogP contribution in [0.3, 0.4) is 0 Å². The molecule has 0 saturated carbocycles. The maximum Gasteiger partial charge on any atom is 0.316 e. The van der Waals surface area contributed by atoms with Crippen molar-refractivity contribution in [3.05, 3.63) is 71.0 Å². The number of benzene rings is 2. The number of hydrogen-bond donors (Lipinski definition) is 1. The second kappa shape index (κ2) is 11.6. The summed E-state index contributed by atoms with van der Waals surface area (Å²) >= 11 is 3.28. The van der Waals surface area contributed by atoms with Crippen LogP contribution in [0.5, 0.6) is 17.6 Å². The zero-order valence-electron chi connectivity index (χ0n) is 22.3. The van der Waals surface area contributed by atoms with Gasteiger partial charge < -0.3 is 14.2 Å². The topological polar surface area (TPSA) is 117 Å². The maximum absolute atomic E-state index is 13.4. The second-order valence-electron chi connectivity index (χ2n) is 9.64. The molecule has 0 saturated heterocycles. The second-order valence-corrected chi connectivity index (χ2v) is 12.2. The minimum Gasteiger partial charge on any atom is -0.497 e. The molecule has 0 unspecified atom stereocenters. The van der Waals surface area contributed by atoms with Gasteiger partial charge in [0.1, 0.15) is 24.8 Å². The Morgan fingerprint density at radius 2 is 1.67 bits per heavy atom. The summed E-state index contributed by atoms with van der Waals surface area (Å²) in [6, 6.07) is 14.3. The van der Waals surface area contributed by atoms with Crippen LogP contribution in [0.2, 0.25) is 0 Å². The molecule has 4 aromatic rings. The van der Waals surface area contributed by atoms with E-state index in [-0.39, 0.29) is 41.2 Å². The van der Waals surface area contributed by atoms with Crippen LogP contribution in [-0.2, 0) is 22.5 Å². The Hall–Kier alpha value is -3.64. The normalized spacial score (nSPS) is 11.7. The summed E-state index contributed by atoms with van der Waals surface area (Å²) in [5.41, 5.74) is 2.06. The number of hydrogen-bond acceptors (Lipinski definition) is 8. The predicted octanol–water partition coefficient (Wildman–Crippen LogP) is 5.20. The van der Waals surface area contributed by atoms with Crippen molar-refractivity contribution >= 4 is 31.8 Å². The molecular formula is C27H30BrN5O5S. The standard InChI is InChI=1S/C27H30BrN5O5S/c1-27(2,3)19-9-11-22(12-10-19)39(34,35)32-24-23(18-7-6-8-21(15-18)36-5)25(31-33(24)4)37-13-14-38-26-29-16-20(28)17-30-26/h6-12,15-17,32H,13-14H2,1-5H3. The fraction of sp³-hybridized carbons (Fsp3) is 0.296. The highest BCUT2D eigenvalue weighted by Crippen LogP contribution is 2.39. The molecule has 0 aliphatic rings. The molecule has 2 aromatic carbocycles. The number of sulfonamides is 1. The summed E-state index contributed by atoms with van der Waals surface area (Å²) < 4.78 is 48.6. The first-order chi connectivity index (χ1) is 18.5. The number of anilines is 1. The van der Waals surface area contributed by atoms with Crippen LogP contribution in [0.1, 0.15) is 26.3 Å². The van der Waals surface area contributed by atoms with E-state index in [9.17, 15) is 8.42 Å². The van der Waals surface area contributed by atoms with Gasteiger partial charge in [0.25, 0.3) is 10.0 Å². The lowest BCUT2D eigenvalue weighted by Gasteiger charge is -2.19. The third-order valence-corrected chi connectivity index (χ3v) is 7.55. The van der Waals surface area contributed by atoms with Gasteiger partial charge in [0.2, 0.25) is 5.88 Å². The van der Waals surface area contributed by atoms with Crippen LogP contribution in [0.25, 0.3) is 11.1 Å². The van der Waals surface area contributed by atoms with Gasteiger partial charge in [-0.15, -0.1) is 5.10 Å². The van der Waals surface area contributed by atoms with Gasteiger partial charge >= 0.3 is 6.01 Å². The van der Waals surface area contributed by atoms with E-state index in [0.29, 0.717) is 16.9 Å². The van der Waals surface area contributed by atoms with Gasteiger partial charge in [-0.2, -0.15) is 0 Å². The third-order valence-electron chi connectivity index (χ3n) is 5.79. The number of nitrogens with zero attached hydrogens (tertiary/aromatic N) is 4. The van der Waals surface area contributed by atoms with E-state index in [2.05, 4.69) is 56.5 Å². The molecular weight excluding hydrogens is 586 g/mol. The SMILES string of the molecule is COc1cccc(-c2c(OCCOc3ncc(Br)cn3)nn(C)c2NS(=O)(=O)c2ccc(C(C)(C)C)cc2)c1. The summed E-state index contributed by atoms with van der Waals surface area (Å²) in [6.07, 6.45) is 3.16. The van der Waals surface area contributed by atoms with E-state index < -0.39 is 10.0 Å². The van der Waals surface area contributed by atoms with Gasteiger partial charge in [-0.25, -0.2) is 23.1 Å². The van der Waals surface area contributed by atoms with Crippen molar-refractivity contribution in [1.29, 1.82) is 0 Å². The van der Waals surface area contributed by atoms with E-state index in [1.807, 2.05) is 24.3 Å². The lowest BCUT2D eigenvalue weighted by molar-refractivity contribution is 0.201. The Bertz CT molecular complexity index is 1530. The van der Waals surface area contributed by atoms with E-state index >= 15 is 0 Å². The van der Waals surface area contributed by atoms with Crippen molar-refractivity contribution in [3.8, 4) is 28.8 Å². The highest BCUT2D eigenvalue weighted by Gasteiger charge is 2.25. The Balaban J connectivity index is 1.63. The number of rotatable bonds is 10. The third kappa shape index (κ3) is 6.87. The molecule has 12 heteroatoms. The van der Waals surface area contributed by atoms with Crippen molar-refractivity contribution in [3.63, 3.8) is 0 Å². The summed E-state index contributed by atoms with van der Waals surface area (Å²) in [6.45, 7) is 6.49. The molecule has 2 heterocycles. The van der Waals surface area contributed by atoms with Crippen LogP contribution >= 0.6 is 15.9 Å². The fourth-order valence-corrected chi connectivity index (χ4v) is 5.03. The van der Waals surface area contributed by atoms with E-state index in [4.69, 9.17) is 14.2 Å². The smallest absolute Gasteiger partial charge is 0.316 e. The minimum atomic E-state index is -3.94. The Labute approximate surface area is 236 Å². The lowest BCUT2D eigenvalue weighted by atomic mass is 9.87. The molecule has 0 fully saturated rings. The molecule has 2 aromatic heterocycles. The molecule has 0 aliphatic carbocycles. The molecule has 39 heavy (non-hydrogen) atoms. The first kappa shape index (κ1) is 28.4. The average molecular weight is 617 g/mol. The monoisotopic (exact) mass is 615 g/mol. The van der Waals surface area contributed by atoms with Gasteiger partial charge in [0.05, 0.1) is 22.0 Å². The van der Waals surface area contributed by atoms with Gasteiger partial charge in [0, 0.05) is 19.4 Å². The van der Waals surface area contributed by atoms with Crippen LogP contribution in [0, 0.1) is 0 Å². The summed E-state index contributed by atoms with van der Waals surface area (Å²) in [4.78, 5) is 8.27. The largest absolute Gasteiger partial charge is 0.497 e. The Morgan fingerprint density at radius 3 is 2.31 bits per heavy atom. The first-order valence-corrected chi connectivity index (χ1v) is 14.3. The quantitative estimate of drug-likeness (QED) is 0.242. The van der Waals surface area contributed by atoms with Crippen LogP contribution in [0.4, 0.5) is 5.82 Å². The highest BCUT2D eigenvalue weighted by molar-refractivity contribution is 9.10. The summed E-state index contributed by atoms with van der Waals surface area (Å²) in [5, 5.41) is 4.46. The van der Waals surface area contributed by atoms with Gasteiger partial charge in [-0.3, -0.25) is 4.72 Å². The van der Waals surface area contributed by atoms with Crippen molar-refractivity contribution < 1.29 is 22.6 Å². The number of aromatic nitrogens is 4. The Morgan fingerprint density at radius 1 is 1.00 bits per heavy atom. The van der Waals surface area contributed by atoms with Crippen molar-refractivity contribution in [2.75, 3.05) is 25.0 Å². The van der Waals surface area contributed by atoms with Gasteiger partial charge in [-0.1, -0.05) is 45.0 Å². The molecule has 0 spiro atoms. The van der Waals surface area contributed by atoms with E-state index in [0.717, 1.165) is 10.0 Å². The fourth-order valence-electron chi connectivity index (χ4n) is 3.72. The molecule has 4 rings (SSSR count). The van der Waals surface area contributed by atoms with Crippen LogP contribution in [-0.4, -0.2) is 48.5 Å². The van der Waals surface area contributed by atoms with Crippen LogP contribution in [0.15, 0.2) is 70.3 Å². The highest BCUT2D eigenvalue weighted by atomic mass is 79.9. The molecule has 206 valence electrons. The molecule has 10 nitrogen and oxygen atoms in total. The van der Waals surface area contributed by atoms with Gasteiger partial charge in [-0.05, 0) is 56.7 Å². The van der Waals surface area contributed by atoms with Crippen molar-refractivity contribution in [1.82, 2.24) is 19.7 Å². The number of methoxy groups -OCH3 is 1. The van der Waals surface area contributed by atoms with Crippen molar-refractivity contribution in [2.45, 2.75) is 31.1 Å². The molecule has 0 atom stereocenters. The van der Waals surface area contributed by atoms with E-state index in [1.54, 1.807) is 50.8 Å².